The Morgan fingerprint density at radius 2 is 2.07 bits per heavy atom. The van der Waals surface area contributed by atoms with Crippen molar-refractivity contribution < 1.29 is 9.53 Å². The lowest BCUT2D eigenvalue weighted by Crippen LogP contribution is -2.34. The second-order valence-electron chi connectivity index (χ2n) is 5.42. The Balaban J connectivity index is 1.93. The van der Waals surface area contributed by atoms with Crippen molar-refractivity contribution in [2.75, 3.05) is 0 Å². The first-order chi connectivity index (χ1) is 6.46. The molecule has 0 saturated carbocycles. The third-order valence-corrected chi connectivity index (χ3v) is 3.01. The Kier molecular flexibility index (Phi) is 2.30. The zero-order valence-electron chi connectivity index (χ0n) is 9.17. The quantitative estimate of drug-likeness (QED) is 0.647. The Labute approximate surface area is 85.2 Å². The highest BCUT2D eigenvalue weighted by Crippen LogP contribution is 2.34. The average molecular weight is 197 g/mol. The van der Waals surface area contributed by atoms with E-state index < -0.39 is 0 Å². The number of rotatable bonds is 1. The number of ether oxygens (including phenoxy) is 1. The van der Waals surface area contributed by atoms with Crippen LogP contribution in [0, 0.1) is 5.92 Å². The molecule has 0 aromatic heterocycles. The second-order valence-corrected chi connectivity index (χ2v) is 5.42. The SMILES string of the molecule is CC(C)(C)OC(=O)[C@H]1C[C@H]2CC[C@H]1N2. The first kappa shape index (κ1) is 9.97. The molecule has 2 fully saturated rings. The molecular weight excluding hydrogens is 178 g/mol. The van der Waals surface area contributed by atoms with Crippen molar-refractivity contribution in [2.24, 2.45) is 5.92 Å². The molecule has 3 atom stereocenters. The van der Waals surface area contributed by atoms with Gasteiger partial charge in [0.2, 0.25) is 0 Å². The summed E-state index contributed by atoms with van der Waals surface area (Å²) in [5, 5.41) is 3.44. The van der Waals surface area contributed by atoms with Crippen LogP contribution >= 0.6 is 0 Å². The normalized spacial score (nSPS) is 36.1. The molecule has 0 aromatic carbocycles. The first-order valence-corrected chi connectivity index (χ1v) is 5.44. The summed E-state index contributed by atoms with van der Waals surface area (Å²) in [5.74, 6) is 0.0881. The Morgan fingerprint density at radius 1 is 1.36 bits per heavy atom. The van der Waals surface area contributed by atoms with Crippen LogP contribution in [0.5, 0.6) is 0 Å². The predicted octanol–water partition coefficient (Wildman–Crippen LogP) is 1.47. The van der Waals surface area contributed by atoms with E-state index in [0.717, 1.165) is 12.8 Å². The van der Waals surface area contributed by atoms with Gasteiger partial charge in [-0.2, -0.15) is 0 Å². The van der Waals surface area contributed by atoms with Gasteiger partial charge in [0.05, 0.1) is 5.92 Å². The van der Waals surface area contributed by atoms with E-state index >= 15 is 0 Å². The number of nitrogens with one attached hydrogen (secondary N) is 1. The summed E-state index contributed by atoms with van der Waals surface area (Å²) < 4.78 is 5.40. The molecule has 2 aliphatic rings. The third-order valence-electron chi connectivity index (χ3n) is 3.01. The molecule has 3 heteroatoms. The number of hydrogen-bond acceptors (Lipinski definition) is 3. The van der Waals surface area contributed by atoms with Gasteiger partial charge in [-0.05, 0) is 40.0 Å². The minimum absolute atomic E-state index is 0.0165. The fourth-order valence-electron chi connectivity index (χ4n) is 2.46. The van der Waals surface area contributed by atoms with E-state index in [2.05, 4.69) is 5.32 Å². The number of hydrogen-bond donors (Lipinski definition) is 1. The van der Waals surface area contributed by atoms with Crippen molar-refractivity contribution in [1.82, 2.24) is 5.32 Å². The highest BCUT2D eigenvalue weighted by atomic mass is 16.6. The maximum absolute atomic E-state index is 11.8. The lowest BCUT2D eigenvalue weighted by atomic mass is 9.89. The van der Waals surface area contributed by atoms with Crippen molar-refractivity contribution in [2.45, 2.75) is 57.7 Å². The largest absolute Gasteiger partial charge is 0.460 e. The summed E-state index contributed by atoms with van der Waals surface area (Å²) in [4.78, 5) is 11.8. The molecule has 0 radical (unpaired) electrons. The van der Waals surface area contributed by atoms with E-state index in [-0.39, 0.29) is 17.5 Å². The number of esters is 1. The van der Waals surface area contributed by atoms with E-state index in [9.17, 15) is 4.79 Å². The van der Waals surface area contributed by atoms with Crippen molar-refractivity contribution in [3.63, 3.8) is 0 Å². The van der Waals surface area contributed by atoms with Crippen molar-refractivity contribution in [3.05, 3.63) is 0 Å². The fraction of sp³-hybridized carbons (Fsp3) is 0.909. The van der Waals surface area contributed by atoms with Crippen LogP contribution in [-0.4, -0.2) is 23.7 Å². The van der Waals surface area contributed by atoms with Crippen LogP contribution in [-0.2, 0) is 9.53 Å². The van der Waals surface area contributed by atoms with Gasteiger partial charge in [0.1, 0.15) is 5.60 Å². The van der Waals surface area contributed by atoms with Crippen molar-refractivity contribution in [3.8, 4) is 0 Å². The van der Waals surface area contributed by atoms with E-state index in [1.165, 1.54) is 6.42 Å². The third kappa shape index (κ3) is 1.92. The predicted molar refractivity (Wildman–Crippen MR) is 53.9 cm³/mol. The smallest absolute Gasteiger partial charge is 0.311 e. The molecule has 0 amide bonds. The maximum Gasteiger partial charge on any atom is 0.311 e. The molecule has 2 heterocycles. The van der Waals surface area contributed by atoms with Gasteiger partial charge in [0, 0.05) is 12.1 Å². The Hall–Kier alpha value is -0.570. The molecule has 1 N–H and O–H groups in total. The van der Waals surface area contributed by atoms with Gasteiger partial charge >= 0.3 is 5.97 Å². The van der Waals surface area contributed by atoms with Gasteiger partial charge < -0.3 is 10.1 Å². The van der Waals surface area contributed by atoms with Gasteiger partial charge in [-0.3, -0.25) is 4.79 Å². The number of carbonyl (C=O) groups is 1. The summed E-state index contributed by atoms with van der Waals surface area (Å²) in [6.45, 7) is 5.77. The molecule has 0 aromatic rings. The molecule has 2 saturated heterocycles. The zero-order valence-corrected chi connectivity index (χ0v) is 9.17. The molecule has 2 rings (SSSR count). The van der Waals surface area contributed by atoms with E-state index in [1.807, 2.05) is 20.8 Å². The highest BCUT2D eigenvalue weighted by molar-refractivity contribution is 5.74. The minimum Gasteiger partial charge on any atom is -0.460 e. The molecule has 2 bridgehead atoms. The van der Waals surface area contributed by atoms with E-state index in [1.54, 1.807) is 0 Å². The van der Waals surface area contributed by atoms with Crippen LogP contribution in [0.1, 0.15) is 40.0 Å². The minimum atomic E-state index is -0.348. The standard InChI is InChI=1S/C11H19NO2/c1-11(2,3)14-10(13)8-6-7-4-5-9(8)12-7/h7-9,12H,4-6H2,1-3H3/t7-,8+,9-/m1/s1. The molecule has 0 unspecified atom stereocenters. The van der Waals surface area contributed by atoms with Crippen LogP contribution in [0.4, 0.5) is 0 Å². The van der Waals surface area contributed by atoms with Crippen molar-refractivity contribution >= 4 is 5.97 Å². The maximum atomic E-state index is 11.8. The van der Waals surface area contributed by atoms with Gasteiger partial charge in [0.15, 0.2) is 0 Å². The fourth-order valence-corrected chi connectivity index (χ4v) is 2.46. The molecule has 2 aliphatic heterocycles. The van der Waals surface area contributed by atoms with Crippen LogP contribution in [0.25, 0.3) is 0 Å². The molecule has 0 aliphatic carbocycles. The number of fused-ring (bicyclic) bond motifs is 2. The molecule has 14 heavy (non-hydrogen) atoms. The molecule has 80 valence electrons. The summed E-state index contributed by atoms with van der Waals surface area (Å²) >= 11 is 0. The topological polar surface area (TPSA) is 38.3 Å². The van der Waals surface area contributed by atoms with Crippen LogP contribution in [0.2, 0.25) is 0 Å². The lowest BCUT2D eigenvalue weighted by molar-refractivity contribution is -0.160. The van der Waals surface area contributed by atoms with Crippen LogP contribution < -0.4 is 5.32 Å². The van der Waals surface area contributed by atoms with Gasteiger partial charge in [-0.1, -0.05) is 0 Å². The zero-order chi connectivity index (χ0) is 10.3. The van der Waals surface area contributed by atoms with Crippen molar-refractivity contribution in [1.29, 1.82) is 0 Å². The summed E-state index contributed by atoms with van der Waals surface area (Å²) in [7, 11) is 0. The second kappa shape index (κ2) is 3.23. The lowest BCUT2D eigenvalue weighted by Gasteiger charge is -2.25. The summed E-state index contributed by atoms with van der Waals surface area (Å²) in [5.41, 5.74) is -0.348. The average Bonchev–Trinajstić information content (AvgIpc) is 2.59. The summed E-state index contributed by atoms with van der Waals surface area (Å²) in [6, 6.07) is 0.951. The van der Waals surface area contributed by atoms with Gasteiger partial charge in [-0.15, -0.1) is 0 Å². The summed E-state index contributed by atoms with van der Waals surface area (Å²) in [6.07, 6.45) is 3.33. The first-order valence-electron chi connectivity index (χ1n) is 5.44. The molecular formula is C11H19NO2. The molecule has 0 spiro atoms. The highest BCUT2D eigenvalue weighted by Gasteiger charge is 2.44. The van der Waals surface area contributed by atoms with Gasteiger partial charge in [-0.25, -0.2) is 0 Å². The Bertz CT molecular complexity index is 244. The van der Waals surface area contributed by atoms with E-state index in [4.69, 9.17) is 4.74 Å². The van der Waals surface area contributed by atoms with Crippen LogP contribution in [0.15, 0.2) is 0 Å². The van der Waals surface area contributed by atoms with Crippen LogP contribution in [0.3, 0.4) is 0 Å². The Morgan fingerprint density at radius 3 is 2.50 bits per heavy atom. The van der Waals surface area contributed by atoms with E-state index in [0.29, 0.717) is 12.1 Å². The van der Waals surface area contributed by atoms with Gasteiger partial charge in [0.25, 0.3) is 0 Å². The molecule has 3 nitrogen and oxygen atoms in total. The number of carbonyl (C=O) groups excluding carboxylic acids is 1. The monoisotopic (exact) mass is 197 g/mol.